The second-order valence-corrected chi connectivity index (χ2v) is 9.47. The third-order valence-corrected chi connectivity index (χ3v) is 7.16. The summed E-state index contributed by atoms with van der Waals surface area (Å²) in [5.74, 6) is -0.242. The van der Waals surface area contributed by atoms with Crippen LogP contribution in [0, 0.1) is 6.92 Å². The summed E-state index contributed by atoms with van der Waals surface area (Å²) in [5, 5.41) is 0. The van der Waals surface area contributed by atoms with Gasteiger partial charge >= 0.3 is 0 Å². The van der Waals surface area contributed by atoms with Gasteiger partial charge in [-0.1, -0.05) is 48.5 Å². The Morgan fingerprint density at radius 1 is 1.00 bits per heavy atom. The molecule has 154 valence electrons. The molecule has 1 atom stereocenters. The van der Waals surface area contributed by atoms with Crippen molar-refractivity contribution in [2.75, 3.05) is 15.7 Å². The van der Waals surface area contributed by atoms with Crippen LogP contribution in [0.4, 0.5) is 11.4 Å². The molecule has 0 saturated carbocycles. The van der Waals surface area contributed by atoms with Gasteiger partial charge < -0.3 is 4.90 Å². The van der Waals surface area contributed by atoms with Crippen LogP contribution in [-0.2, 0) is 21.2 Å². The molecule has 30 heavy (non-hydrogen) atoms. The van der Waals surface area contributed by atoms with Gasteiger partial charge in [-0.05, 0) is 61.7 Å². The predicted molar refractivity (Wildman–Crippen MR) is 119 cm³/mol. The van der Waals surface area contributed by atoms with Gasteiger partial charge in [-0.25, -0.2) is 8.42 Å². The summed E-state index contributed by atoms with van der Waals surface area (Å²) >= 11 is 0. The minimum Gasteiger partial charge on any atom is -0.307 e. The lowest BCUT2D eigenvalue weighted by atomic mass is 10.1. The molecule has 1 aliphatic heterocycles. The normalized spacial score (nSPS) is 15.7. The topological polar surface area (TPSA) is 57.7 Å². The number of fused-ring (bicyclic) bond motifs is 1. The van der Waals surface area contributed by atoms with E-state index in [2.05, 4.69) is 0 Å². The highest BCUT2D eigenvalue weighted by Crippen LogP contribution is 2.33. The quantitative estimate of drug-likeness (QED) is 0.623. The van der Waals surface area contributed by atoms with Crippen molar-refractivity contribution in [1.29, 1.82) is 0 Å². The lowest BCUT2D eigenvalue weighted by molar-refractivity contribution is -0.117. The Balaban J connectivity index is 1.73. The molecule has 0 unspecified atom stereocenters. The molecule has 1 amide bonds. The summed E-state index contributed by atoms with van der Waals surface area (Å²) in [5.41, 5.74) is 3.36. The zero-order valence-electron chi connectivity index (χ0n) is 17.0. The molecule has 3 aromatic carbocycles. The molecule has 0 fully saturated rings. The monoisotopic (exact) mass is 420 g/mol. The maximum Gasteiger partial charge on any atom is 0.264 e. The summed E-state index contributed by atoms with van der Waals surface area (Å²) in [6, 6.07) is 23.2. The number of para-hydroxylation sites is 1. The third kappa shape index (κ3) is 3.71. The van der Waals surface area contributed by atoms with Crippen molar-refractivity contribution in [3.63, 3.8) is 0 Å². The van der Waals surface area contributed by atoms with Crippen molar-refractivity contribution in [1.82, 2.24) is 0 Å². The summed E-state index contributed by atoms with van der Waals surface area (Å²) < 4.78 is 28.2. The van der Waals surface area contributed by atoms with E-state index in [1.807, 2.05) is 44.2 Å². The van der Waals surface area contributed by atoms with Crippen LogP contribution in [0.1, 0.15) is 18.1 Å². The van der Waals surface area contributed by atoms with Gasteiger partial charge in [-0.15, -0.1) is 0 Å². The van der Waals surface area contributed by atoms with Crippen LogP contribution in [0.5, 0.6) is 0 Å². The van der Waals surface area contributed by atoms with E-state index in [0.717, 1.165) is 23.2 Å². The Kier molecular flexibility index (Phi) is 5.35. The summed E-state index contributed by atoms with van der Waals surface area (Å²) in [6.07, 6.45) is 0.762. The molecule has 0 spiro atoms. The van der Waals surface area contributed by atoms with Crippen LogP contribution in [-0.4, -0.2) is 26.9 Å². The van der Waals surface area contributed by atoms with Crippen molar-refractivity contribution in [2.24, 2.45) is 0 Å². The minimum absolute atomic E-state index is 0.0197. The summed E-state index contributed by atoms with van der Waals surface area (Å²) in [4.78, 5) is 15.3. The fourth-order valence-electron chi connectivity index (χ4n) is 3.96. The van der Waals surface area contributed by atoms with Crippen molar-refractivity contribution in [2.45, 2.75) is 31.2 Å². The number of anilines is 2. The van der Waals surface area contributed by atoms with Gasteiger partial charge in [0.25, 0.3) is 10.0 Å². The molecular formula is C24H24N2O3S. The molecule has 0 aromatic heterocycles. The Morgan fingerprint density at radius 2 is 1.70 bits per heavy atom. The number of amides is 1. The first kappa shape index (κ1) is 20.2. The molecule has 3 aromatic rings. The average molecular weight is 421 g/mol. The summed E-state index contributed by atoms with van der Waals surface area (Å²) in [6.45, 7) is 3.62. The van der Waals surface area contributed by atoms with Gasteiger partial charge in [0, 0.05) is 11.7 Å². The molecule has 0 radical (unpaired) electrons. The number of benzene rings is 3. The molecule has 1 heterocycles. The van der Waals surface area contributed by atoms with Crippen LogP contribution in [0.2, 0.25) is 0 Å². The number of rotatable bonds is 5. The molecule has 0 bridgehead atoms. The van der Waals surface area contributed by atoms with E-state index in [9.17, 15) is 13.2 Å². The average Bonchev–Trinajstić information content (AvgIpc) is 3.08. The smallest absolute Gasteiger partial charge is 0.264 e. The van der Waals surface area contributed by atoms with Crippen LogP contribution in [0.3, 0.4) is 0 Å². The number of hydrogen-bond donors (Lipinski definition) is 0. The SMILES string of the molecule is Cc1cccc(N(CC(=O)N2c3ccccc3C[C@@H]2C)S(=O)(=O)c2ccccc2)c1. The van der Waals surface area contributed by atoms with Crippen molar-refractivity contribution < 1.29 is 13.2 Å². The second-order valence-electron chi connectivity index (χ2n) is 7.61. The van der Waals surface area contributed by atoms with Crippen molar-refractivity contribution in [3.8, 4) is 0 Å². The lowest BCUT2D eigenvalue weighted by Gasteiger charge is -2.29. The Bertz CT molecular complexity index is 1180. The number of sulfonamides is 1. The molecule has 6 heteroatoms. The Hall–Kier alpha value is -3.12. The molecule has 0 aliphatic carbocycles. The van der Waals surface area contributed by atoms with E-state index < -0.39 is 10.0 Å². The fraction of sp³-hybridized carbons (Fsp3) is 0.208. The minimum atomic E-state index is -3.90. The van der Waals surface area contributed by atoms with E-state index in [-0.39, 0.29) is 23.4 Å². The van der Waals surface area contributed by atoms with E-state index in [0.29, 0.717) is 5.69 Å². The Labute approximate surface area is 177 Å². The maximum atomic E-state index is 13.5. The predicted octanol–water partition coefficient (Wildman–Crippen LogP) is 4.17. The van der Waals surface area contributed by atoms with Gasteiger partial charge in [0.05, 0.1) is 10.6 Å². The third-order valence-electron chi connectivity index (χ3n) is 5.38. The number of carbonyl (C=O) groups is 1. The van der Waals surface area contributed by atoms with Gasteiger partial charge in [-0.2, -0.15) is 0 Å². The largest absolute Gasteiger partial charge is 0.307 e. The molecule has 4 rings (SSSR count). The first-order chi connectivity index (χ1) is 14.4. The highest BCUT2D eigenvalue weighted by Gasteiger charge is 2.34. The molecule has 0 N–H and O–H groups in total. The van der Waals surface area contributed by atoms with Gasteiger partial charge in [0.2, 0.25) is 5.91 Å². The van der Waals surface area contributed by atoms with Crippen LogP contribution in [0.15, 0.2) is 83.8 Å². The van der Waals surface area contributed by atoms with Crippen molar-refractivity contribution in [3.05, 3.63) is 90.0 Å². The Morgan fingerprint density at radius 3 is 2.43 bits per heavy atom. The highest BCUT2D eigenvalue weighted by molar-refractivity contribution is 7.92. The number of carbonyl (C=O) groups excluding carboxylic acids is 1. The maximum absolute atomic E-state index is 13.5. The number of hydrogen-bond acceptors (Lipinski definition) is 3. The van der Waals surface area contributed by atoms with Crippen LogP contribution >= 0.6 is 0 Å². The summed E-state index contributed by atoms with van der Waals surface area (Å²) in [7, 11) is -3.90. The zero-order chi connectivity index (χ0) is 21.3. The van der Waals surface area contributed by atoms with Crippen molar-refractivity contribution >= 4 is 27.3 Å². The molecular weight excluding hydrogens is 396 g/mol. The van der Waals surface area contributed by atoms with E-state index in [1.54, 1.807) is 53.4 Å². The zero-order valence-corrected chi connectivity index (χ0v) is 17.8. The lowest BCUT2D eigenvalue weighted by Crippen LogP contribution is -2.45. The highest BCUT2D eigenvalue weighted by atomic mass is 32.2. The molecule has 0 saturated heterocycles. The van der Waals surface area contributed by atoms with E-state index >= 15 is 0 Å². The van der Waals surface area contributed by atoms with Crippen LogP contribution in [0.25, 0.3) is 0 Å². The van der Waals surface area contributed by atoms with E-state index in [4.69, 9.17) is 0 Å². The fourth-order valence-corrected chi connectivity index (χ4v) is 5.39. The van der Waals surface area contributed by atoms with Crippen LogP contribution < -0.4 is 9.21 Å². The molecule has 5 nitrogen and oxygen atoms in total. The first-order valence-corrected chi connectivity index (χ1v) is 11.4. The van der Waals surface area contributed by atoms with Gasteiger partial charge in [0.15, 0.2) is 0 Å². The van der Waals surface area contributed by atoms with E-state index in [1.165, 1.54) is 4.31 Å². The van der Waals surface area contributed by atoms with Gasteiger partial charge in [-0.3, -0.25) is 9.10 Å². The first-order valence-electron chi connectivity index (χ1n) is 9.92. The standard InChI is InChI=1S/C24H24N2O3S/c1-18-9-8-11-21(15-18)25(30(28,29)22-12-4-3-5-13-22)17-24(27)26-19(2)16-20-10-6-7-14-23(20)26/h3-15,19H,16-17H2,1-2H3/t19-/m0/s1. The molecule has 1 aliphatic rings. The van der Waals surface area contributed by atoms with Gasteiger partial charge in [0.1, 0.15) is 6.54 Å². The number of aryl methyl sites for hydroxylation is 1. The number of nitrogens with zero attached hydrogens (tertiary/aromatic N) is 2. The second kappa shape index (κ2) is 7.95.